The van der Waals surface area contributed by atoms with Gasteiger partial charge in [0.25, 0.3) is 0 Å². The number of rotatable bonds is 7. The third-order valence-corrected chi connectivity index (χ3v) is 3.14. The van der Waals surface area contributed by atoms with Gasteiger partial charge in [-0.3, -0.25) is 4.98 Å². The van der Waals surface area contributed by atoms with Crippen molar-refractivity contribution in [3.05, 3.63) is 34.8 Å². The fourth-order valence-electron chi connectivity index (χ4n) is 1.51. The molecule has 92 valence electrons. The molecule has 0 bridgehead atoms. The molecule has 0 atom stereocenters. The van der Waals surface area contributed by atoms with Crippen molar-refractivity contribution in [1.82, 2.24) is 19.9 Å². The van der Waals surface area contributed by atoms with Gasteiger partial charge < -0.3 is 14.6 Å². The van der Waals surface area contributed by atoms with Crippen molar-refractivity contribution in [1.29, 1.82) is 0 Å². The molecule has 0 saturated heterocycles. The molecule has 2 aromatic rings. The maximum atomic E-state index is 4.98. The molecule has 0 aliphatic heterocycles. The first-order valence-corrected chi connectivity index (χ1v) is 6.35. The molecule has 0 aliphatic carbocycles. The summed E-state index contributed by atoms with van der Waals surface area (Å²) in [5.41, 5.74) is 1.85. The number of thiazole rings is 1. The second-order valence-corrected chi connectivity index (χ2v) is 4.58. The van der Waals surface area contributed by atoms with Gasteiger partial charge in [0.05, 0.1) is 25.2 Å². The van der Waals surface area contributed by atoms with Gasteiger partial charge in [0.2, 0.25) is 0 Å². The van der Waals surface area contributed by atoms with Gasteiger partial charge in [0, 0.05) is 37.1 Å². The minimum Gasteiger partial charge on any atom is -0.383 e. The standard InChI is InChI=1S/C11H16N4OS/c1-16-5-3-12-7-11-14-2-4-15(11)8-10-6-13-9-17-10/h2,4,6,9,12H,3,5,7-8H2,1H3. The number of methoxy groups -OCH3 is 1. The van der Waals surface area contributed by atoms with Crippen molar-refractivity contribution in [3.63, 3.8) is 0 Å². The van der Waals surface area contributed by atoms with Crippen LogP contribution in [-0.4, -0.2) is 34.8 Å². The number of aromatic nitrogens is 3. The number of nitrogens with one attached hydrogen (secondary N) is 1. The van der Waals surface area contributed by atoms with Crippen molar-refractivity contribution < 1.29 is 4.74 Å². The van der Waals surface area contributed by atoms with Crippen LogP contribution in [0.2, 0.25) is 0 Å². The highest BCUT2D eigenvalue weighted by molar-refractivity contribution is 7.09. The average Bonchev–Trinajstić information content (AvgIpc) is 2.97. The van der Waals surface area contributed by atoms with Gasteiger partial charge in [-0.25, -0.2) is 4.98 Å². The van der Waals surface area contributed by atoms with E-state index in [-0.39, 0.29) is 0 Å². The van der Waals surface area contributed by atoms with Crippen LogP contribution in [0.15, 0.2) is 24.1 Å². The predicted molar refractivity (Wildman–Crippen MR) is 67.0 cm³/mol. The number of nitrogens with zero attached hydrogens (tertiary/aromatic N) is 3. The summed E-state index contributed by atoms with van der Waals surface area (Å²) >= 11 is 1.66. The summed E-state index contributed by atoms with van der Waals surface area (Å²) in [6.07, 6.45) is 5.72. The number of ether oxygens (including phenoxy) is 1. The van der Waals surface area contributed by atoms with Gasteiger partial charge >= 0.3 is 0 Å². The Labute approximate surface area is 104 Å². The first kappa shape index (κ1) is 12.2. The van der Waals surface area contributed by atoms with E-state index in [1.807, 2.05) is 24.1 Å². The summed E-state index contributed by atoms with van der Waals surface area (Å²) < 4.78 is 7.11. The van der Waals surface area contributed by atoms with E-state index in [0.717, 1.165) is 32.1 Å². The lowest BCUT2D eigenvalue weighted by atomic mass is 10.5. The first-order valence-electron chi connectivity index (χ1n) is 5.47. The molecule has 0 aliphatic rings. The van der Waals surface area contributed by atoms with E-state index in [1.54, 1.807) is 18.4 Å². The van der Waals surface area contributed by atoms with Gasteiger partial charge in [-0.2, -0.15) is 0 Å². The molecule has 2 aromatic heterocycles. The molecular weight excluding hydrogens is 236 g/mol. The number of imidazole rings is 1. The van der Waals surface area contributed by atoms with Crippen molar-refractivity contribution in [3.8, 4) is 0 Å². The number of hydrogen-bond donors (Lipinski definition) is 1. The molecule has 0 spiro atoms. The fraction of sp³-hybridized carbons (Fsp3) is 0.455. The Morgan fingerprint density at radius 1 is 1.53 bits per heavy atom. The minimum absolute atomic E-state index is 0.718. The lowest BCUT2D eigenvalue weighted by Crippen LogP contribution is -2.21. The van der Waals surface area contributed by atoms with Crippen molar-refractivity contribution in [2.75, 3.05) is 20.3 Å². The van der Waals surface area contributed by atoms with Gasteiger partial charge in [0.15, 0.2) is 0 Å². The topological polar surface area (TPSA) is 52.0 Å². The molecule has 2 rings (SSSR count). The Hall–Kier alpha value is -1.24. The highest BCUT2D eigenvalue weighted by atomic mass is 32.1. The summed E-state index contributed by atoms with van der Waals surface area (Å²) in [7, 11) is 1.70. The Morgan fingerprint density at radius 2 is 2.47 bits per heavy atom. The van der Waals surface area contributed by atoms with Gasteiger partial charge in [-0.15, -0.1) is 11.3 Å². The highest BCUT2D eigenvalue weighted by Crippen LogP contribution is 2.09. The molecular formula is C11H16N4OS. The van der Waals surface area contributed by atoms with E-state index in [4.69, 9.17) is 4.74 Å². The molecule has 0 aromatic carbocycles. The molecule has 0 saturated carbocycles. The maximum Gasteiger partial charge on any atom is 0.122 e. The fourth-order valence-corrected chi connectivity index (χ4v) is 2.11. The van der Waals surface area contributed by atoms with E-state index in [1.165, 1.54) is 4.88 Å². The van der Waals surface area contributed by atoms with Crippen molar-refractivity contribution >= 4 is 11.3 Å². The molecule has 0 radical (unpaired) electrons. The normalized spacial score (nSPS) is 10.9. The quantitative estimate of drug-likeness (QED) is 0.750. The molecule has 6 heteroatoms. The number of hydrogen-bond acceptors (Lipinski definition) is 5. The minimum atomic E-state index is 0.718. The van der Waals surface area contributed by atoms with Crippen LogP contribution in [0.1, 0.15) is 10.7 Å². The van der Waals surface area contributed by atoms with Crippen LogP contribution >= 0.6 is 11.3 Å². The maximum absolute atomic E-state index is 4.98. The van der Waals surface area contributed by atoms with E-state index in [9.17, 15) is 0 Å². The molecule has 0 unspecified atom stereocenters. The summed E-state index contributed by atoms with van der Waals surface area (Å²) in [5, 5.41) is 3.29. The van der Waals surface area contributed by atoms with E-state index >= 15 is 0 Å². The average molecular weight is 252 g/mol. The first-order chi connectivity index (χ1) is 8.40. The second kappa shape index (κ2) is 6.48. The Morgan fingerprint density at radius 3 is 3.24 bits per heavy atom. The lowest BCUT2D eigenvalue weighted by Gasteiger charge is -2.07. The SMILES string of the molecule is COCCNCc1nccn1Cc1cncs1. The lowest BCUT2D eigenvalue weighted by molar-refractivity contribution is 0.199. The largest absolute Gasteiger partial charge is 0.383 e. The smallest absolute Gasteiger partial charge is 0.122 e. The molecule has 17 heavy (non-hydrogen) atoms. The van der Waals surface area contributed by atoms with E-state index in [2.05, 4.69) is 19.9 Å². The monoisotopic (exact) mass is 252 g/mol. The van der Waals surface area contributed by atoms with Crippen LogP contribution in [0.3, 0.4) is 0 Å². The van der Waals surface area contributed by atoms with Crippen LogP contribution < -0.4 is 5.32 Å². The van der Waals surface area contributed by atoms with Crippen LogP contribution in [0.5, 0.6) is 0 Å². The molecule has 5 nitrogen and oxygen atoms in total. The van der Waals surface area contributed by atoms with Crippen LogP contribution in [0.25, 0.3) is 0 Å². The van der Waals surface area contributed by atoms with Crippen molar-refractivity contribution in [2.24, 2.45) is 0 Å². The summed E-state index contributed by atoms with van der Waals surface area (Å²) in [6.45, 7) is 3.15. The Bertz CT molecular complexity index is 426. The zero-order chi connectivity index (χ0) is 11.9. The van der Waals surface area contributed by atoms with Crippen LogP contribution in [-0.2, 0) is 17.8 Å². The van der Waals surface area contributed by atoms with Gasteiger partial charge in [0.1, 0.15) is 5.82 Å². The van der Waals surface area contributed by atoms with Crippen molar-refractivity contribution in [2.45, 2.75) is 13.1 Å². The highest BCUT2D eigenvalue weighted by Gasteiger charge is 2.03. The van der Waals surface area contributed by atoms with Crippen LogP contribution in [0, 0.1) is 0 Å². The zero-order valence-corrected chi connectivity index (χ0v) is 10.6. The molecule has 2 heterocycles. The molecule has 0 fully saturated rings. The molecule has 0 amide bonds. The summed E-state index contributed by atoms with van der Waals surface area (Å²) in [4.78, 5) is 9.65. The van der Waals surface area contributed by atoms with Crippen LogP contribution in [0.4, 0.5) is 0 Å². The Balaban J connectivity index is 1.88. The van der Waals surface area contributed by atoms with E-state index < -0.39 is 0 Å². The van der Waals surface area contributed by atoms with E-state index in [0.29, 0.717) is 0 Å². The summed E-state index contributed by atoms with van der Waals surface area (Å²) in [5.74, 6) is 1.04. The summed E-state index contributed by atoms with van der Waals surface area (Å²) in [6, 6.07) is 0. The second-order valence-electron chi connectivity index (χ2n) is 3.61. The third-order valence-electron chi connectivity index (χ3n) is 2.38. The Kier molecular flexibility index (Phi) is 4.66. The molecule has 1 N–H and O–H groups in total. The third kappa shape index (κ3) is 3.62. The van der Waals surface area contributed by atoms with Gasteiger partial charge in [-0.1, -0.05) is 0 Å². The zero-order valence-electron chi connectivity index (χ0n) is 9.80. The predicted octanol–water partition coefficient (Wildman–Crippen LogP) is 1.12. The van der Waals surface area contributed by atoms with Gasteiger partial charge in [-0.05, 0) is 0 Å².